The number of anilines is 1. The second-order valence-corrected chi connectivity index (χ2v) is 9.80. The summed E-state index contributed by atoms with van der Waals surface area (Å²) in [5.41, 5.74) is 4.65. The van der Waals surface area contributed by atoms with Crippen molar-refractivity contribution in [3.63, 3.8) is 0 Å². The molecular formula is C28H38N6O. The molecule has 0 unspecified atom stereocenters. The molecule has 1 saturated heterocycles. The Labute approximate surface area is 209 Å². The second kappa shape index (κ2) is 11.6. The summed E-state index contributed by atoms with van der Waals surface area (Å²) in [4.78, 5) is 20.9. The van der Waals surface area contributed by atoms with Crippen molar-refractivity contribution in [2.24, 2.45) is 0 Å². The molecular weight excluding hydrogens is 436 g/mol. The summed E-state index contributed by atoms with van der Waals surface area (Å²) in [6, 6.07) is 12.8. The van der Waals surface area contributed by atoms with E-state index in [2.05, 4.69) is 58.0 Å². The number of nitrogens with zero attached hydrogens (tertiary/aromatic N) is 6. The van der Waals surface area contributed by atoms with Crippen molar-refractivity contribution in [3.8, 4) is 17.1 Å². The van der Waals surface area contributed by atoms with Crippen LogP contribution >= 0.6 is 0 Å². The summed E-state index contributed by atoms with van der Waals surface area (Å²) in [6.07, 6.45) is 5.92. The summed E-state index contributed by atoms with van der Waals surface area (Å²) in [7, 11) is 8.26. The number of pyridine rings is 1. The van der Waals surface area contributed by atoms with E-state index in [0.717, 1.165) is 67.7 Å². The van der Waals surface area contributed by atoms with Gasteiger partial charge < -0.3 is 14.5 Å². The minimum atomic E-state index is 0.379. The lowest BCUT2D eigenvalue weighted by atomic mass is 9.93. The average molecular weight is 475 g/mol. The molecule has 3 heterocycles. The van der Waals surface area contributed by atoms with Crippen LogP contribution in [0.2, 0.25) is 0 Å². The Morgan fingerprint density at radius 3 is 2.66 bits per heavy atom. The van der Waals surface area contributed by atoms with Gasteiger partial charge in [0.2, 0.25) is 0 Å². The van der Waals surface area contributed by atoms with Crippen molar-refractivity contribution in [2.75, 3.05) is 52.8 Å². The molecule has 1 atom stereocenters. The van der Waals surface area contributed by atoms with Crippen molar-refractivity contribution >= 4 is 5.82 Å². The molecule has 0 aliphatic carbocycles. The van der Waals surface area contributed by atoms with E-state index in [0.29, 0.717) is 12.5 Å². The molecule has 1 aromatic carbocycles. The van der Waals surface area contributed by atoms with Crippen molar-refractivity contribution in [1.29, 1.82) is 0 Å². The fourth-order valence-electron chi connectivity index (χ4n) is 4.71. The SMILES string of the molecule is CCOc1ccc(CN2CCC[C@@H](c3cc(N(C)C)nc(-c4cccnc4)n3)C2)cc1CN(C)C. The lowest BCUT2D eigenvalue weighted by Gasteiger charge is -2.33. The maximum atomic E-state index is 5.87. The number of benzene rings is 1. The monoisotopic (exact) mass is 474 g/mol. The van der Waals surface area contributed by atoms with Gasteiger partial charge in [-0.05, 0) is 70.2 Å². The molecule has 1 aliphatic rings. The molecule has 1 fully saturated rings. The zero-order valence-corrected chi connectivity index (χ0v) is 21.7. The van der Waals surface area contributed by atoms with Gasteiger partial charge in [0, 0.05) is 69.2 Å². The Morgan fingerprint density at radius 1 is 1.09 bits per heavy atom. The van der Waals surface area contributed by atoms with Gasteiger partial charge in [-0.15, -0.1) is 0 Å². The number of likely N-dealkylation sites (tertiary alicyclic amines) is 1. The van der Waals surface area contributed by atoms with Crippen molar-refractivity contribution in [3.05, 3.63) is 65.6 Å². The van der Waals surface area contributed by atoms with Crippen LogP contribution in [-0.4, -0.2) is 72.6 Å². The third-order valence-electron chi connectivity index (χ3n) is 6.35. The molecule has 2 aromatic heterocycles. The van der Waals surface area contributed by atoms with Gasteiger partial charge in [-0.2, -0.15) is 0 Å². The van der Waals surface area contributed by atoms with Gasteiger partial charge >= 0.3 is 0 Å². The van der Waals surface area contributed by atoms with Crippen LogP contribution in [0.15, 0.2) is 48.8 Å². The Hall–Kier alpha value is -3.03. The fraction of sp³-hybridized carbons (Fsp3) is 0.464. The molecule has 1 aliphatic heterocycles. The molecule has 0 N–H and O–H groups in total. The van der Waals surface area contributed by atoms with E-state index in [4.69, 9.17) is 14.7 Å². The van der Waals surface area contributed by atoms with E-state index >= 15 is 0 Å². The number of rotatable bonds is 9. The number of piperidine rings is 1. The molecule has 0 saturated carbocycles. The molecule has 35 heavy (non-hydrogen) atoms. The number of hydrogen-bond acceptors (Lipinski definition) is 7. The summed E-state index contributed by atoms with van der Waals surface area (Å²) in [5, 5.41) is 0. The fourth-order valence-corrected chi connectivity index (χ4v) is 4.71. The van der Waals surface area contributed by atoms with Crippen LogP contribution in [0.4, 0.5) is 5.82 Å². The van der Waals surface area contributed by atoms with Gasteiger partial charge in [-0.25, -0.2) is 9.97 Å². The van der Waals surface area contributed by atoms with E-state index < -0.39 is 0 Å². The van der Waals surface area contributed by atoms with Gasteiger partial charge in [0.05, 0.1) is 12.3 Å². The third-order valence-corrected chi connectivity index (χ3v) is 6.35. The van der Waals surface area contributed by atoms with Gasteiger partial charge in [0.25, 0.3) is 0 Å². The van der Waals surface area contributed by atoms with Gasteiger partial charge in [0.15, 0.2) is 5.82 Å². The highest BCUT2D eigenvalue weighted by Crippen LogP contribution is 2.30. The molecule has 7 nitrogen and oxygen atoms in total. The smallest absolute Gasteiger partial charge is 0.163 e. The average Bonchev–Trinajstić information content (AvgIpc) is 2.86. The number of hydrogen-bond donors (Lipinski definition) is 0. The van der Waals surface area contributed by atoms with E-state index in [-0.39, 0.29) is 0 Å². The van der Waals surface area contributed by atoms with Crippen LogP contribution in [0, 0.1) is 0 Å². The lowest BCUT2D eigenvalue weighted by molar-refractivity contribution is 0.198. The largest absolute Gasteiger partial charge is 0.494 e. The molecule has 7 heteroatoms. The van der Waals surface area contributed by atoms with Crippen LogP contribution in [-0.2, 0) is 13.1 Å². The minimum absolute atomic E-state index is 0.379. The van der Waals surface area contributed by atoms with Crippen molar-refractivity contribution in [1.82, 2.24) is 24.8 Å². The van der Waals surface area contributed by atoms with Crippen molar-refractivity contribution in [2.45, 2.75) is 38.8 Å². The molecule has 0 radical (unpaired) electrons. The standard InChI is InChI=1S/C28H38N6O/c1-6-35-26-12-11-21(15-24(26)19-32(2)3)18-34-14-8-10-23(20-34)25-16-27(33(4)5)31-28(30-25)22-9-7-13-29-17-22/h7,9,11-13,15-17,23H,6,8,10,14,18-20H2,1-5H3/t23-/m1/s1. The van der Waals surface area contributed by atoms with E-state index in [1.165, 1.54) is 11.1 Å². The van der Waals surface area contributed by atoms with Gasteiger partial charge in [-0.1, -0.05) is 6.07 Å². The maximum absolute atomic E-state index is 5.87. The first-order valence-corrected chi connectivity index (χ1v) is 12.5. The van der Waals surface area contributed by atoms with E-state index in [9.17, 15) is 0 Å². The normalized spacial score (nSPS) is 16.5. The topological polar surface area (TPSA) is 57.6 Å². The number of ether oxygens (including phenoxy) is 1. The van der Waals surface area contributed by atoms with Crippen LogP contribution < -0.4 is 9.64 Å². The Kier molecular flexibility index (Phi) is 8.31. The number of aromatic nitrogens is 3. The van der Waals surface area contributed by atoms with Crippen LogP contribution in [0.5, 0.6) is 5.75 Å². The summed E-state index contributed by atoms with van der Waals surface area (Å²) >= 11 is 0. The molecule has 0 bridgehead atoms. The predicted octanol–water partition coefficient (Wildman–Crippen LogP) is 4.44. The molecule has 3 aromatic rings. The highest BCUT2D eigenvalue weighted by Gasteiger charge is 2.24. The first-order chi connectivity index (χ1) is 16.9. The third kappa shape index (κ3) is 6.55. The molecule has 186 valence electrons. The highest BCUT2D eigenvalue weighted by atomic mass is 16.5. The van der Waals surface area contributed by atoms with E-state index in [1.807, 2.05) is 39.3 Å². The zero-order valence-electron chi connectivity index (χ0n) is 21.7. The Bertz CT molecular complexity index is 1100. The zero-order chi connectivity index (χ0) is 24.8. The summed E-state index contributed by atoms with van der Waals surface area (Å²) in [5.74, 6) is 3.05. The first kappa shape index (κ1) is 25.1. The minimum Gasteiger partial charge on any atom is -0.494 e. The Morgan fingerprint density at radius 2 is 1.94 bits per heavy atom. The van der Waals surface area contributed by atoms with Crippen LogP contribution in [0.3, 0.4) is 0 Å². The summed E-state index contributed by atoms with van der Waals surface area (Å²) < 4.78 is 5.87. The van der Waals surface area contributed by atoms with Gasteiger partial charge in [-0.3, -0.25) is 9.88 Å². The molecule has 4 rings (SSSR count). The molecule has 0 spiro atoms. The Balaban J connectivity index is 1.54. The van der Waals surface area contributed by atoms with Crippen LogP contribution in [0.1, 0.15) is 42.5 Å². The second-order valence-electron chi connectivity index (χ2n) is 9.80. The predicted molar refractivity (Wildman–Crippen MR) is 142 cm³/mol. The quantitative estimate of drug-likeness (QED) is 0.454. The van der Waals surface area contributed by atoms with E-state index in [1.54, 1.807) is 6.20 Å². The van der Waals surface area contributed by atoms with Crippen LogP contribution in [0.25, 0.3) is 11.4 Å². The first-order valence-electron chi connectivity index (χ1n) is 12.5. The van der Waals surface area contributed by atoms with Crippen molar-refractivity contribution < 1.29 is 4.74 Å². The maximum Gasteiger partial charge on any atom is 0.163 e. The summed E-state index contributed by atoms with van der Waals surface area (Å²) in [6.45, 7) is 6.63. The van der Waals surface area contributed by atoms with Gasteiger partial charge in [0.1, 0.15) is 11.6 Å². The highest BCUT2D eigenvalue weighted by molar-refractivity contribution is 5.56. The lowest BCUT2D eigenvalue weighted by Crippen LogP contribution is -2.34. The molecule has 0 amide bonds.